The summed E-state index contributed by atoms with van der Waals surface area (Å²) in [6.07, 6.45) is -2.46. The predicted molar refractivity (Wildman–Crippen MR) is 112 cm³/mol. The average Bonchev–Trinajstić information content (AvgIpc) is 2.78. The topological polar surface area (TPSA) is 65.9 Å². The molecule has 0 bridgehead atoms. The second kappa shape index (κ2) is 8.53. The highest BCUT2D eigenvalue weighted by Gasteiger charge is 2.43. The van der Waals surface area contributed by atoms with Gasteiger partial charge in [-0.05, 0) is 31.0 Å². The van der Waals surface area contributed by atoms with E-state index in [2.05, 4.69) is 9.88 Å². The van der Waals surface area contributed by atoms with Gasteiger partial charge in [0.15, 0.2) is 0 Å². The first-order valence-corrected chi connectivity index (χ1v) is 10.6. The number of amides is 1. The molecule has 6 nitrogen and oxygen atoms in total. The fourth-order valence-electron chi connectivity index (χ4n) is 4.46. The summed E-state index contributed by atoms with van der Waals surface area (Å²) < 4.78 is 43.6. The number of nitrogens with zero attached hydrogens (tertiary/aromatic N) is 3. The lowest BCUT2D eigenvalue weighted by Gasteiger charge is -2.49. The van der Waals surface area contributed by atoms with E-state index in [4.69, 9.17) is 16.3 Å². The number of aromatic nitrogens is 1. The van der Waals surface area contributed by atoms with Crippen molar-refractivity contribution in [3.63, 3.8) is 0 Å². The second-order valence-electron chi connectivity index (χ2n) is 8.20. The number of pyridine rings is 1. The number of rotatable bonds is 3. The molecular weight excluding hydrogens is 447 g/mol. The number of hydrogen-bond donors (Lipinski definition) is 1. The van der Waals surface area contributed by atoms with Gasteiger partial charge in [-0.15, -0.1) is 0 Å². The molecule has 2 atom stereocenters. The molecular formula is C22H23ClF3N3O3. The molecule has 1 N–H and O–H groups in total. The molecule has 2 aliphatic heterocycles. The molecule has 1 aromatic carbocycles. The third kappa shape index (κ3) is 4.29. The molecule has 2 saturated heterocycles. The van der Waals surface area contributed by atoms with Crippen molar-refractivity contribution in [2.45, 2.75) is 30.7 Å². The summed E-state index contributed by atoms with van der Waals surface area (Å²) >= 11 is 6.31. The third-order valence-electron chi connectivity index (χ3n) is 6.25. The minimum atomic E-state index is -4.52. The van der Waals surface area contributed by atoms with Crippen LogP contribution in [0.15, 0.2) is 36.5 Å². The first-order chi connectivity index (χ1) is 15.1. The summed E-state index contributed by atoms with van der Waals surface area (Å²) in [5.74, 6) is 0.255. The zero-order chi connectivity index (χ0) is 23.1. The van der Waals surface area contributed by atoms with Crippen molar-refractivity contribution in [3.8, 4) is 5.75 Å². The van der Waals surface area contributed by atoms with Gasteiger partial charge in [0, 0.05) is 44.0 Å². The van der Waals surface area contributed by atoms with Gasteiger partial charge in [0.25, 0.3) is 5.91 Å². The van der Waals surface area contributed by atoms with Gasteiger partial charge < -0.3 is 14.7 Å². The fourth-order valence-corrected chi connectivity index (χ4v) is 4.74. The van der Waals surface area contributed by atoms with Gasteiger partial charge in [-0.3, -0.25) is 14.7 Å². The van der Waals surface area contributed by atoms with Gasteiger partial charge in [-0.1, -0.05) is 23.7 Å². The number of halogens is 4. The second-order valence-corrected chi connectivity index (χ2v) is 8.58. The Labute approximate surface area is 188 Å². The Morgan fingerprint density at radius 1 is 1.28 bits per heavy atom. The standard InChI is InChI=1S/C22H23ClF3N3O3/c1-32-17-4-2-3-16(19(17)23)20(30)28-9-10-29-13-21(31,8-7-15(29)12-28)14-5-6-18(27-11-14)22(24,25)26/h2-6,11,15,31H,7-10,12-13H2,1H3/t15-,21-/m1/s1. The largest absolute Gasteiger partial charge is 0.495 e. The lowest BCUT2D eigenvalue weighted by atomic mass is 9.82. The SMILES string of the molecule is COc1cccc(C(=O)N2CCN3C[C@@](O)(c4ccc(C(F)(F)F)nc4)CC[C@@H]3C2)c1Cl. The number of ether oxygens (including phenoxy) is 1. The van der Waals surface area contributed by atoms with E-state index in [0.29, 0.717) is 49.4 Å². The van der Waals surface area contributed by atoms with Gasteiger partial charge in [0.1, 0.15) is 17.0 Å². The zero-order valence-corrected chi connectivity index (χ0v) is 18.2. The van der Waals surface area contributed by atoms with Crippen LogP contribution >= 0.6 is 11.6 Å². The maximum absolute atomic E-state index is 13.0. The first-order valence-electron chi connectivity index (χ1n) is 10.2. The number of fused-ring (bicyclic) bond motifs is 1. The van der Waals surface area contributed by atoms with E-state index >= 15 is 0 Å². The number of piperazine rings is 1. The maximum atomic E-state index is 13.0. The monoisotopic (exact) mass is 469 g/mol. The molecule has 10 heteroatoms. The quantitative estimate of drug-likeness (QED) is 0.744. The number of carbonyl (C=O) groups is 1. The van der Waals surface area contributed by atoms with E-state index < -0.39 is 17.5 Å². The van der Waals surface area contributed by atoms with Gasteiger partial charge in [-0.2, -0.15) is 13.2 Å². The Hall–Kier alpha value is -2.36. The van der Waals surface area contributed by atoms with E-state index in [1.165, 1.54) is 13.2 Å². The van der Waals surface area contributed by atoms with Gasteiger partial charge in [0.05, 0.1) is 17.7 Å². The molecule has 32 heavy (non-hydrogen) atoms. The van der Waals surface area contributed by atoms with Crippen LogP contribution in [0.5, 0.6) is 5.75 Å². The fraction of sp³-hybridized carbons (Fsp3) is 0.455. The number of alkyl halides is 3. The minimum Gasteiger partial charge on any atom is -0.495 e. The number of piperidine rings is 1. The van der Waals surface area contributed by atoms with E-state index in [0.717, 1.165) is 12.3 Å². The van der Waals surface area contributed by atoms with Crippen molar-refractivity contribution in [1.29, 1.82) is 0 Å². The van der Waals surface area contributed by atoms with Crippen molar-refractivity contribution in [2.24, 2.45) is 0 Å². The summed E-state index contributed by atoms with van der Waals surface area (Å²) in [6.45, 7) is 1.74. The normalized spacial score (nSPS) is 24.2. The van der Waals surface area contributed by atoms with Crippen molar-refractivity contribution in [1.82, 2.24) is 14.8 Å². The van der Waals surface area contributed by atoms with Crippen LogP contribution in [0, 0.1) is 0 Å². The Balaban J connectivity index is 1.45. The van der Waals surface area contributed by atoms with Gasteiger partial charge >= 0.3 is 6.18 Å². The van der Waals surface area contributed by atoms with Crippen LogP contribution in [0.2, 0.25) is 5.02 Å². The molecule has 0 spiro atoms. The maximum Gasteiger partial charge on any atom is 0.433 e. The summed E-state index contributed by atoms with van der Waals surface area (Å²) in [5, 5.41) is 11.4. The van der Waals surface area contributed by atoms with Crippen LogP contribution in [0.3, 0.4) is 0 Å². The van der Waals surface area contributed by atoms with Crippen LogP contribution in [-0.2, 0) is 11.8 Å². The van der Waals surface area contributed by atoms with E-state index in [9.17, 15) is 23.1 Å². The molecule has 0 unspecified atom stereocenters. The van der Waals surface area contributed by atoms with Gasteiger partial charge in [0.2, 0.25) is 0 Å². The van der Waals surface area contributed by atoms with Gasteiger partial charge in [-0.25, -0.2) is 0 Å². The molecule has 172 valence electrons. The Morgan fingerprint density at radius 2 is 2.06 bits per heavy atom. The summed E-state index contributed by atoms with van der Waals surface area (Å²) in [6, 6.07) is 7.30. The number of benzene rings is 1. The van der Waals surface area contributed by atoms with E-state index in [-0.39, 0.29) is 23.5 Å². The molecule has 0 radical (unpaired) electrons. The molecule has 2 aliphatic rings. The van der Waals surface area contributed by atoms with E-state index in [1.807, 2.05) is 0 Å². The first kappa shape index (κ1) is 22.8. The summed E-state index contributed by atoms with van der Waals surface area (Å²) in [5.41, 5.74) is -1.52. The van der Waals surface area contributed by atoms with Crippen LogP contribution in [0.4, 0.5) is 13.2 Å². The van der Waals surface area contributed by atoms with Crippen molar-refractivity contribution < 1.29 is 27.8 Å². The number of hydrogen-bond acceptors (Lipinski definition) is 5. The zero-order valence-electron chi connectivity index (χ0n) is 17.4. The molecule has 2 fully saturated rings. The van der Waals surface area contributed by atoms with E-state index in [1.54, 1.807) is 23.1 Å². The minimum absolute atomic E-state index is 0.0414. The molecule has 0 aliphatic carbocycles. The van der Waals surface area contributed by atoms with Crippen molar-refractivity contribution in [2.75, 3.05) is 33.3 Å². The molecule has 3 heterocycles. The van der Waals surface area contributed by atoms with Crippen molar-refractivity contribution >= 4 is 17.5 Å². The molecule has 0 saturated carbocycles. The Kier molecular flexibility index (Phi) is 6.08. The van der Waals surface area contributed by atoms with Crippen LogP contribution in [-0.4, -0.2) is 65.1 Å². The average molecular weight is 470 g/mol. The smallest absolute Gasteiger partial charge is 0.433 e. The third-order valence-corrected chi connectivity index (χ3v) is 6.64. The van der Waals surface area contributed by atoms with Crippen LogP contribution < -0.4 is 4.74 Å². The highest BCUT2D eigenvalue weighted by atomic mass is 35.5. The highest BCUT2D eigenvalue weighted by Crippen LogP contribution is 2.37. The lowest BCUT2D eigenvalue weighted by Crippen LogP contribution is -2.60. The summed E-state index contributed by atoms with van der Waals surface area (Å²) in [7, 11) is 1.49. The molecule has 1 aromatic heterocycles. The molecule has 1 amide bonds. The summed E-state index contributed by atoms with van der Waals surface area (Å²) in [4.78, 5) is 20.4. The number of methoxy groups -OCH3 is 1. The van der Waals surface area contributed by atoms with Crippen molar-refractivity contribution in [3.05, 3.63) is 58.4 Å². The number of aliphatic hydroxyl groups is 1. The van der Waals surface area contributed by atoms with Crippen LogP contribution in [0.1, 0.15) is 34.5 Å². The van der Waals surface area contributed by atoms with Crippen LogP contribution in [0.25, 0.3) is 0 Å². The molecule has 2 aromatic rings. The molecule has 4 rings (SSSR count). The Morgan fingerprint density at radius 3 is 2.72 bits per heavy atom. The predicted octanol–water partition coefficient (Wildman–Crippen LogP) is 3.57. The number of carbonyl (C=O) groups excluding carboxylic acids is 1. The highest BCUT2D eigenvalue weighted by molar-refractivity contribution is 6.35. The Bertz CT molecular complexity index is 1000. The lowest BCUT2D eigenvalue weighted by molar-refractivity contribution is -0.141.